The Kier molecular flexibility index (Phi) is 4.83. The number of terminal acetylenes is 1. The highest BCUT2D eigenvalue weighted by atomic mass is 15.1. The summed E-state index contributed by atoms with van der Waals surface area (Å²) in [4.78, 5) is 2.56. The van der Waals surface area contributed by atoms with Crippen LogP contribution in [0.2, 0.25) is 0 Å². The lowest BCUT2D eigenvalue weighted by molar-refractivity contribution is 0.171. The van der Waals surface area contributed by atoms with Gasteiger partial charge in [0.25, 0.3) is 0 Å². The van der Waals surface area contributed by atoms with Crippen LogP contribution in [0.4, 0.5) is 0 Å². The van der Waals surface area contributed by atoms with Gasteiger partial charge in [0.1, 0.15) is 0 Å². The molecule has 0 radical (unpaired) electrons. The highest BCUT2D eigenvalue weighted by Crippen LogP contribution is 2.14. The molecule has 0 spiro atoms. The summed E-state index contributed by atoms with van der Waals surface area (Å²) in [5.74, 6) is 3.58. The van der Waals surface area contributed by atoms with Gasteiger partial charge >= 0.3 is 0 Å². The van der Waals surface area contributed by atoms with E-state index in [2.05, 4.69) is 43.8 Å². The van der Waals surface area contributed by atoms with Gasteiger partial charge in [-0.15, -0.1) is 6.42 Å². The summed E-state index contributed by atoms with van der Waals surface area (Å²) in [6, 6.07) is 0.592. The summed E-state index contributed by atoms with van der Waals surface area (Å²) in [7, 11) is 0. The first kappa shape index (κ1) is 13.5. The van der Waals surface area contributed by atoms with Crippen LogP contribution in [0, 0.1) is 18.3 Å². The van der Waals surface area contributed by atoms with Crippen molar-refractivity contribution in [3.8, 4) is 12.3 Å². The minimum atomic E-state index is -0.162. The largest absolute Gasteiger partial charge is 0.303 e. The average Bonchev–Trinajstić information content (AvgIpc) is 2.20. The monoisotopic (exact) mass is 222 g/mol. The van der Waals surface area contributed by atoms with E-state index in [9.17, 15) is 0 Å². The molecule has 0 amide bonds. The predicted molar refractivity (Wildman–Crippen MR) is 70.3 cm³/mol. The van der Waals surface area contributed by atoms with Crippen molar-refractivity contribution in [1.29, 1.82) is 0 Å². The molecule has 1 N–H and O–H groups in total. The Labute approximate surface area is 101 Å². The number of likely N-dealkylation sites (tertiary alicyclic amines) is 1. The van der Waals surface area contributed by atoms with Crippen LogP contribution in [0.1, 0.15) is 40.5 Å². The molecule has 16 heavy (non-hydrogen) atoms. The third-order valence-electron chi connectivity index (χ3n) is 3.14. The van der Waals surface area contributed by atoms with Crippen molar-refractivity contribution in [1.82, 2.24) is 10.2 Å². The second-order valence-electron chi connectivity index (χ2n) is 5.88. The van der Waals surface area contributed by atoms with Gasteiger partial charge in [0.15, 0.2) is 0 Å². The molecule has 0 aromatic carbocycles. The molecule has 92 valence electrons. The molecule has 2 nitrogen and oxygen atoms in total. The molecule has 0 aromatic heterocycles. The molecule has 0 bridgehead atoms. The number of piperidine rings is 1. The van der Waals surface area contributed by atoms with Gasteiger partial charge in [-0.1, -0.05) is 19.8 Å². The molecule has 1 rings (SSSR count). The van der Waals surface area contributed by atoms with E-state index in [1.54, 1.807) is 0 Å². The summed E-state index contributed by atoms with van der Waals surface area (Å²) >= 11 is 0. The van der Waals surface area contributed by atoms with Crippen molar-refractivity contribution in [3.63, 3.8) is 0 Å². The quantitative estimate of drug-likeness (QED) is 0.733. The van der Waals surface area contributed by atoms with Gasteiger partial charge in [-0.25, -0.2) is 0 Å². The maximum atomic E-state index is 5.49. The summed E-state index contributed by atoms with van der Waals surface area (Å²) in [5.41, 5.74) is -0.162. The van der Waals surface area contributed by atoms with Crippen LogP contribution in [0.3, 0.4) is 0 Å². The molecule has 1 fully saturated rings. The van der Waals surface area contributed by atoms with Gasteiger partial charge < -0.3 is 4.90 Å². The molecule has 0 saturated carbocycles. The van der Waals surface area contributed by atoms with E-state index in [0.717, 1.165) is 5.92 Å². The number of hydrogen-bond acceptors (Lipinski definition) is 2. The minimum Gasteiger partial charge on any atom is -0.303 e. The minimum absolute atomic E-state index is 0.162. The lowest BCUT2D eigenvalue weighted by Crippen LogP contribution is -2.50. The molecule has 2 heteroatoms. The summed E-state index contributed by atoms with van der Waals surface area (Å²) in [5, 5.41) is 3.56. The Hall–Kier alpha value is -0.520. The van der Waals surface area contributed by atoms with Crippen LogP contribution in [0.25, 0.3) is 0 Å². The second-order valence-corrected chi connectivity index (χ2v) is 5.88. The van der Waals surface area contributed by atoms with Gasteiger partial charge in [-0.05, 0) is 45.7 Å². The molecule has 1 aliphatic rings. The van der Waals surface area contributed by atoms with E-state index in [1.807, 2.05) is 0 Å². The highest BCUT2D eigenvalue weighted by molar-refractivity contribution is 5.08. The first-order valence-corrected chi connectivity index (χ1v) is 6.41. The second kappa shape index (κ2) is 5.70. The van der Waals surface area contributed by atoms with Crippen LogP contribution < -0.4 is 5.32 Å². The van der Waals surface area contributed by atoms with Gasteiger partial charge in [0.2, 0.25) is 0 Å². The summed E-state index contributed by atoms with van der Waals surface area (Å²) in [6.45, 7) is 12.4. The standard InChI is InChI=1S/C14H26N2/c1-6-14(4,5)15-13-7-9-16(10-8-13)11-12(2)3/h1,12-13,15H,7-11H2,2-5H3. The van der Waals surface area contributed by atoms with Crippen molar-refractivity contribution >= 4 is 0 Å². The molecule has 1 aliphatic heterocycles. The first-order valence-electron chi connectivity index (χ1n) is 6.41. The zero-order valence-electron chi connectivity index (χ0n) is 11.2. The molecular weight excluding hydrogens is 196 g/mol. The highest BCUT2D eigenvalue weighted by Gasteiger charge is 2.24. The van der Waals surface area contributed by atoms with Crippen molar-refractivity contribution in [2.75, 3.05) is 19.6 Å². The SMILES string of the molecule is C#CC(C)(C)NC1CCN(CC(C)C)CC1. The molecule has 1 heterocycles. The first-order chi connectivity index (χ1) is 7.43. The van der Waals surface area contributed by atoms with Gasteiger partial charge in [0, 0.05) is 12.6 Å². The molecule has 0 aromatic rings. The fraction of sp³-hybridized carbons (Fsp3) is 0.857. The van der Waals surface area contributed by atoms with Crippen molar-refractivity contribution in [2.24, 2.45) is 5.92 Å². The van der Waals surface area contributed by atoms with E-state index in [0.29, 0.717) is 6.04 Å². The average molecular weight is 222 g/mol. The maximum Gasteiger partial charge on any atom is 0.0743 e. The Morgan fingerprint density at radius 1 is 1.38 bits per heavy atom. The third kappa shape index (κ3) is 4.55. The smallest absolute Gasteiger partial charge is 0.0743 e. The molecule has 0 atom stereocenters. The fourth-order valence-corrected chi connectivity index (χ4v) is 2.33. The van der Waals surface area contributed by atoms with Crippen LogP contribution >= 0.6 is 0 Å². The van der Waals surface area contributed by atoms with E-state index in [4.69, 9.17) is 6.42 Å². The molecule has 0 unspecified atom stereocenters. The van der Waals surface area contributed by atoms with Crippen molar-refractivity contribution < 1.29 is 0 Å². The van der Waals surface area contributed by atoms with Gasteiger partial charge in [0.05, 0.1) is 5.54 Å². The van der Waals surface area contributed by atoms with Gasteiger partial charge in [-0.3, -0.25) is 5.32 Å². The number of hydrogen-bond donors (Lipinski definition) is 1. The maximum absolute atomic E-state index is 5.49. The van der Waals surface area contributed by atoms with Crippen molar-refractivity contribution in [2.45, 2.75) is 52.1 Å². The van der Waals surface area contributed by atoms with Crippen LogP contribution in [-0.4, -0.2) is 36.1 Å². The Morgan fingerprint density at radius 3 is 2.38 bits per heavy atom. The van der Waals surface area contributed by atoms with E-state index in [1.165, 1.54) is 32.5 Å². The topological polar surface area (TPSA) is 15.3 Å². The lowest BCUT2D eigenvalue weighted by Gasteiger charge is -2.36. The van der Waals surface area contributed by atoms with E-state index < -0.39 is 0 Å². The predicted octanol–water partition coefficient (Wildman–Crippen LogP) is 2.11. The van der Waals surface area contributed by atoms with Gasteiger partial charge in [-0.2, -0.15) is 0 Å². The zero-order valence-corrected chi connectivity index (χ0v) is 11.2. The Balaban J connectivity index is 2.30. The van der Waals surface area contributed by atoms with Crippen LogP contribution in [0.5, 0.6) is 0 Å². The number of nitrogens with one attached hydrogen (secondary N) is 1. The molecule has 1 saturated heterocycles. The Bertz CT molecular complexity index is 242. The summed E-state index contributed by atoms with van der Waals surface area (Å²) < 4.78 is 0. The number of nitrogens with zero attached hydrogens (tertiary/aromatic N) is 1. The molecular formula is C14H26N2. The van der Waals surface area contributed by atoms with E-state index >= 15 is 0 Å². The third-order valence-corrected chi connectivity index (χ3v) is 3.14. The van der Waals surface area contributed by atoms with Crippen LogP contribution in [0.15, 0.2) is 0 Å². The molecule has 0 aliphatic carbocycles. The Morgan fingerprint density at radius 2 is 1.94 bits per heavy atom. The number of rotatable bonds is 4. The normalized spacial score (nSPS) is 20.0. The van der Waals surface area contributed by atoms with E-state index in [-0.39, 0.29) is 5.54 Å². The summed E-state index contributed by atoms with van der Waals surface area (Å²) in [6.07, 6.45) is 7.93. The van der Waals surface area contributed by atoms with Crippen molar-refractivity contribution in [3.05, 3.63) is 0 Å². The fourth-order valence-electron chi connectivity index (χ4n) is 2.33. The van der Waals surface area contributed by atoms with Crippen LogP contribution in [-0.2, 0) is 0 Å². The zero-order chi connectivity index (χ0) is 12.2. The lowest BCUT2D eigenvalue weighted by atomic mass is 9.99.